The number of nitrogens with one attached hydrogen (secondary N) is 1. The molecule has 0 spiro atoms. The Bertz CT molecular complexity index is 570. The van der Waals surface area contributed by atoms with E-state index < -0.39 is 5.97 Å². The van der Waals surface area contributed by atoms with E-state index in [4.69, 9.17) is 5.11 Å². The van der Waals surface area contributed by atoms with E-state index in [1.54, 1.807) is 18.2 Å². The van der Waals surface area contributed by atoms with Gasteiger partial charge in [-0.15, -0.1) is 0 Å². The Labute approximate surface area is 109 Å². The number of benzene rings is 1. The Kier molecular flexibility index (Phi) is 4.07. The highest BCUT2D eigenvalue weighted by Gasteiger charge is 2.03. The molecule has 2 rings (SSSR count). The third-order valence-electron chi connectivity index (χ3n) is 2.62. The SMILES string of the molecule is O=C(O)c1ccnc(CCNc2ccc(F)cc2)c1. The summed E-state index contributed by atoms with van der Waals surface area (Å²) in [6, 6.07) is 9.07. The van der Waals surface area contributed by atoms with Gasteiger partial charge in [0.05, 0.1) is 5.56 Å². The zero-order chi connectivity index (χ0) is 13.7. The molecule has 0 aliphatic rings. The van der Waals surface area contributed by atoms with Crippen LogP contribution in [0.1, 0.15) is 16.1 Å². The molecule has 0 aliphatic carbocycles. The summed E-state index contributed by atoms with van der Waals surface area (Å²) in [6.07, 6.45) is 2.08. The number of hydrogen-bond acceptors (Lipinski definition) is 3. The van der Waals surface area contributed by atoms with E-state index in [0.29, 0.717) is 18.7 Å². The molecule has 5 heteroatoms. The number of anilines is 1. The number of carbonyl (C=O) groups is 1. The van der Waals surface area contributed by atoms with Gasteiger partial charge in [-0.05, 0) is 36.4 Å². The third kappa shape index (κ3) is 3.77. The normalized spacial score (nSPS) is 10.2. The first kappa shape index (κ1) is 13.0. The van der Waals surface area contributed by atoms with E-state index in [9.17, 15) is 9.18 Å². The fourth-order valence-corrected chi connectivity index (χ4v) is 1.65. The maximum absolute atomic E-state index is 12.7. The van der Waals surface area contributed by atoms with Gasteiger partial charge in [-0.1, -0.05) is 0 Å². The Hall–Kier alpha value is -2.43. The van der Waals surface area contributed by atoms with Gasteiger partial charge in [-0.3, -0.25) is 4.98 Å². The van der Waals surface area contributed by atoms with Crippen molar-refractivity contribution in [2.75, 3.05) is 11.9 Å². The summed E-state index contributed by atoms with van der Waals surface area (Å²) in [5.41, 5.74) is 1.75. The van der Waals surface area contributed by atoms with Gasteiger partial charge in [0.15, 0.2) is 0 Å². The van der Waals surface area contributed by atoms with Gasteiger partial charge in [0.2, 0.25) is 0 Å². The van der Waals surface area contributed by atoms with Crippen LogP contribution in [0.2, 0.25) is 0 Å². The molecule has 98 valence electrons. The second-order valence-electron chi connectivity index (χ2n) is 4.02. The van der Waals surface area contributed by atoms with Crippen molar-refractivity contribution in [3.8, 4) is 0 Å². The zero-order valence-corrected chi connectivity index (χ0v) is 10.1. The number of carboxylic acid groups (broad SMARTS) is 1. The summed E-state index contributed by atoms with van der Waals surface area (Å²) in [5.74, 6) is -1.24. The van der Waals surface area contributed by atoms with E-state index in [0.717, 1.165) is 5.69 Å². The minimum Gasteiger partial charge on any atom is -0.478 e. The minimum absolute atomic E-state index is 0.229. The first-order valence-corrected chi connectivity index (χ1v) is 5.83. The molecule has 0 amide bonds. The first-order chi connectivity index (χ1) is 9.15. The van der Waals surface area contributed by atoms with E-state index in [2.05, 4.69) is 10.3 Å². The minimum atomic E-state index is -0.963. The molecular formula is C14H13FN2O2. The van der Waals surface area contributed by atoms with Crippen LogP contribution in [0.15, 0.2) is 42.6 Å². The average Bonchev–Trinajstić information content (AvgIpc) is 2.41. The number of hydrogen-bond donors (Lipinski definition) is 2. The lowest BCUT2D eigenvalue weighted by Gasteiger charge is -2.06. The molecule has 0 radical (unpaired) electrons. The quantitative estimate of drug-likeness (QED) is 0.867. The molecule has 2 N–H and O–H groups in total. The van der Waals surface area contributed by atoms with Crippen molar-refractivity contribution in [3.63, 3.8) is 0 Å². The highest BCUT2D eigenvalue weighted by molar-refractivity contribution is 5.87. The maximum atomic E-state index is 12.7. The zero-order valence-electron chi connectivity index (χ0n) is 10.1. The number of nitrogens with zero attached hydrogens (tertiary/aromatic N) is 1. The van der Waals surface area contributed by atoms with Crippen molar-refractivity contribution in [2.24, 2.45) is 0 Å². The van der Waals surface area contributed by atoms with Crippen molar-refractivity contribution >= 4 is 11.7 Å². The van der Waals surface area contributed by atoms with Gasteiger partial charge < -0.3 is 10.4 Å². The fourth-order valence-electron chi connectivity index (χ4n) is 1.65. The summed E-state index contributed by atoms with van der Waals surface area (Å²) in [4.78, 5) is 14.9. The van der Waals surface area contributed by atoms with Gasteiger partial charge in [0, 0.05) is 30.5 Å². The van der Waals surface area contributed by atoms with Crippen LogP contribution in [0, 0.1) is 5.82 Å². The maximum Gasteiger partial charge on any atom is 0.335 e. The summed E-state index contributed by atoms with van der Waals surface area (Å²) in [6.45, 7) is 0.599. The lowest BCUT2D eigenvalue weighted by molar-refractivity contribution is 0.0696. The summed E-state index contributed by atoms with van der Waals surface area (Å²) in [7, 11) is 0. The average molecular weight is 260 g/mol. The Morgan fingerprint density at radius 2 is 2.00 bits per heavy atom. The number of pyridine rings is 1. The van der Waals surface area contributed by atoms with E-state index in [1.807, 2.05) is 0 Å². The summed E-state index contributed by atoms with van der Waals surface area (Å²) in [5, 5.41) is 12.0. The van der Waals surface area contributed by atoms with Crippen molar-refractivity contribution < 1.29 is 14.3 Å². The molecule has 0 bridgehead atoms. The smallest absolute Gasteiger partial charge is 0.335 e. The molecule has 4 nitrogen and oxygen atoms in total. The highest BCUT2D eigenvalue weighted by atomic mass is 19.1. The molecule has 0 aliphatic heterocycles. The monoisotopic (exact) mass is 260 g/mol. The topological polar surface area (TPSA) is 62.2 Å². The number of carboxylic acids is 1. The van der Waals surface area contributed by atoms with Crippen LogP contribution < -0.4 is 5.32 Å². The van der Waals surface area contributed by atoms with Crippen molar-refractivity contribution in [3.05, 3.63) is 59.7 Å². The number of halogens is 1. The molecule has 1 aromatic heterocycles. The van der Waals surface area contributed by atoms with Gasteiger partial charge in [0.25, 0.3) is 0 Å². The van der Waals surface area contributed by atoms with Crippen molar-refractivity contribution in [2.45, 2.75) is 6.42 Å². The predicted octanol–water partition coefficient (Wildman–Crippen LogP) is 2.57. The molecule has 19 heavy (non-hydrogen) atoms. The number of rotatable bonds is 5. The van der Waals surface area contributed by atoms with Crippen LogP contribution in [-0.2, 0) is 6.42 Å². The molecule has 0 unspecified atom stereocenters. The molecule has 1 aromatic carbocycles. The third-order valence-corrected chi connectivity index (χ3v) is 2.62. The first-order valence-electron chi connectivity index (χ1n) is 5.83. The Morgan fingerprint density at radius 3 is 2.68 bits per heavy atom. The molecule has 0 atom stereocenters. The van der Waals surface area contributed by atoms with Crippen LogP contribution in [0.25, 0.3) is 0 Å². The molecule has 2 aromatic rings. The van der Waals surface area contributed by atoms with E-state index in [1.165, 1.54) is 24.4 Å². The van der Waals surface area contributed by atoms with Crippen LogP contribution in [0.4, 0.5) is 10.1 Å². The second-order valence-corrected chi connectivity index (χ2v) is 4.02. The van der Waals surface area contributed by atoms with Crippen LogP contribution >= 0.6 is 0 Å². The molecule has 0 saturated heterocycles. The molecule has 0 fully saturated rings. The lowest BCUT2D eigenvalue weighted by Crippen LogP contribution is -2.07. The fraction of sp³-hybridized carbons (Fsp3) is 0.143. The summed E-state index contributed by atoms with van der Waals surface area (Å²) >= 11 is 0. The Balaban J connectivity index is 1.90. The Morgan fingerprint density at radius 1 is 1.26 bits per heavy atom. The van der Waals surface area contributed by atoms with Gasteiger partial charge in [-0.25, -0.2) is 9.18 Å². The summed E-state index contributed by atoms with van der Waals surface area (Å²) < 4.78 is 12.7. The molecular weight excluding hydrogens is 247 g/mol. The second kappa shape index (κ2) is 5.95. The van der Waals surface area contributed by atoms with Crippen molar-refractivity contribution in [1.82, 2.24) is 4.98 Å². The van der Waals surface area contributed by atoms with Crippen LogP contribution in [0.3, 0.4) is 0 Å². The van der Waals surface area contributed by atoms with E-state index >= 15 is 0 Å². The van der Waals surface area contributed by atoms with E-state index in [-0.39, 0.29) is 11.4 Å². The van der Waals surface area contributed by atoms with Gasteiger partial charge in [-0.2, -0.15) is 0 Å². The lowest BCUT2D eigenvalue weighted by atomic mass is 10.2. The number of aromatic carboxylic acids is 1. The highest BCUT2D eigenvalue weighted by Crippen LogP contribution is 2.08. The van der Waals surface area contributed by atoms with Crippen LogP contribution in [0.5, 0.6) is 0 Å². The molecule has 0 saturated carbocycles. The number of aromatic nitrogens is 1. The van der Waals surface area contributed by atoms with Gasteiger partial charge in [0.1, 0.15) is 5.82 Å². The largest absolute Gasteiger partial charge is 0.478 e. The predicted molar refractivity (Wildman–Crippen MR) is 69.8 cm³/mol. The standard InChI is InChI=1S/C14H13FN2O2/c15-11-1-3-12(4-2-11)16-8-6-13-9-10(14(18)19)5-7-17-13/h1-5,7,9,16H,6,8H2,(H,18,19). The van der Waals surface area contributed by atoms with Gasteiger partial charge >= 0.3 is 5.97 Å². The van der Waals surface area contributed by atoms with Crippen LogP contribution in [-0.4, -0.2) is 22.6 Å². The molecule has 1 heterocycles. The van der Waals surface area contributed by atoms with Crippen molar-refractivity contribution in [1.29, 1.82) is 0 Å².